The molecule has 0 saturated carbocycles. The Morgan fingerprint density at radius 2 is 1.96 bits per heavy atom. The summed E-state index contributed by atoms with van der Waals surface area (Å²) in [5, 5.41) is 12.4. The van der Waals surface area contributed by atoms with E-state index in [9.17, 15) is 14.7 Å². The Bertz CT molecular complexity index is 636. The monoisotopic (exact) mass is 368 g/mol. The normalized spacial score (nSPS) is 15.8. The highest BCUT2D eigenvalue weighted by molar-refractivity contribution is 6.33. The lowest BCUT2D eigenvalue weighted by molar-refractivity contribution is -0.139. The predicted octanol–water partition coefficient (Wildman–Crippen LogP) is 3.46. The minimum atomic E-state index is -1.12. The molecule has 25 heavy (non-hydrogen) atoms. The Kier molecular flexibility index (Phi) is 6.16. The van der Waals surface area contributed by atoms with Crippen LogP contribution in [0.4, 0.5) is 10.5 Å². The highest BCUT2D eigenvalue weighted by Crippen LogP contribution is 2.30. The summed E-state index contributed by atoms with van der Waals surface area (Å²) in [6.07, 6.45) is 1.69. The van der Waals surface area contributed by atoms with E-state index in [1.165, 1.54) is 0 Å². The molecule has 1 saturated heterocycles. The average molecular weight is 369 g/mol. The third kappa shape index (κ3) is 5.81. The molecule has 1 amide bonds. The lowest BCUT2D eigenvalue weighted by Gasteiger charge is -2.22. The number of ether oxygens (including phenoxy) is 1. The summed E-state index contributed by atoms with van der Waals surface area (Å²) in [6, 6.07) is 4.45. The van der Waals surface area contributed by atoms with Crippen LogP contribution < -0.4 is 10.2 Å². The molecule has 1 aliphatic rings. The third-order valence-electron chi connectivity index (χ3n) is 3.89. The molecule has 2 rings (SSSR count). The molecule has 1 unspecified atom stereocenters. The molecule has 1 aliphatic heterocycles. The van der Waals surface area contributed by atoms with Gasteiger partial charge in [0.1, 0.15) is 11.6 Å². The van der Waals surface area contributed by atoms with E-state index in [4.69, 9.17) is 16.3 Å². The number of benzene rings is 1. The number of nitrogens with one attached hydrogen (secondary N) is 1. The Labute approximate surface area is 153 Å². The van der Waals surface area contributed by atoms with Crippen LogP contribution in [0.1, 0.15) is 39.2 Å². The zero-order valence-electron chi connectivity index (χ0n) is 14.8. The second-order valence-corrected chi connectivity index (χ2v) is 7.63. The van der Waals surface area contributed by atoms with Gasteiger partial charge in [0.25, 0.3) is 0 Å². The van der Waals surface area contributed by atoms with Crippen LogP contribution in [-0.4, -0.2) is 41.9 Å². The van der Waals surface area contributed by atoms with E-state index < -0.39 is 23.7 Å². The molecule has 0 spiro atoms. The van der Waals surface area contributed by atoms with Gasteiger partial charge in [-0.1, -0.05) is 17.7 Å². The quantitative estimate of drug-likeness (QED) is 0.832. The van der Waals surface area contributed by atoms with Crippen LogP contribution in [0.2, 0.25) is 5.02 Å². The maximum absolute atomic E-state index is 11.8. The standard InChI is InChI=1S/C18H25ClN2O4/c1-18(2,3)25-17(24)20-14(16(22)23)11-12-6-7-15(13(19)10-12)21-8-4-5-9-21/h6-7,10,14H,4-5,8-9,11H2,1-3H3,(H,20,24)(H,22,23). The lowest BCUT2D eigenvalue weighted by atomic mass is 10.1. The summed E-state index contributed by atoms with van der Waals surface area (Å²) in [4.78, 5) is 25.5. The second kappa shape index (κ2) is 7.95. The van der Waals surface area contributed by atoms with E-state index in [1.807, 2.05) is 12.1 Å². The van der Waals surface area contributed by atoms with Crippen molar-refractivity contribution in [3.05, 3.63) is 28.8 Å². The number of carboxylic acid groups (broad SMARTS) is 1. The molecule has 0 aliphatic carbocycles. The number of carboxylic acids is 1. The van der Waals surface area contributed by atoms with Crippen LogP contribution in [0, 0.1) is 0 Å². The highest BCUT2D eigenvalue weighted by atomic mass is 35.5. The van der Waals surface area contributed by atoms with Crippen molar-refractivity contribution in [1.82, 2.24) is 5.32 Å². The van der Waals surface area contributed by atoms with E-state index >= 15 is 0 Å². The SMILES string of the molecule is CC(C)(C)OC(=O)NC(Cc1ccc(N2CCCC2)c(Cl)c1)C(=O)O. The molecule has 138 valence electrons. The molecule has 1 heterocycles. The van der Waals surface area contributed by atoms with Crippen LogP contribution in [-0.2, 0) is 16.0 Å². The molecule has 0 aromatic heterocycles. The topological polar surface area (TPSA) is 78.9 Å². The number of aliphatic carboxylic acids is 1. The number of rotatable bonds is 5. The van der Waals surface area contributed by atoms with Gasteiger partial charge in [0, 0.05) is 19.5 Å². The van der Waals surface area contributed by atoms with Crippen LogP contribution >= 0.6 is 11.6 Å². The summed E-state index contributed by atoms with van der Waals surface area (Å²) in [5.74, 6) is -1.12. The van der Waals surface area contributed by atoms with Crippen molar-refractivity contribution in [1.29, 1.82) is 0 Å². The first-order valence-electron chi connectivity index (χ1n) is 8.41. The van der Waals surface area contributed by atoms with Gasteiger partial charge in [0.15, 0.2) is 0 Å². The number of nitrogens with zero attached hydrogens (tertiary/aromatic N) is 1. The molecule has 2 N–H and O–H groups in total. The minimum absolute atomic E-state index is 0.134. The van der Waals surface area contributed by atoms with Gasteiger partial charge < -0.3 is 20.1 Å². The van der Waals surface area contributed by atoms with Gasteiger partial charge in [-0.05, 0) is 51.3 Å². The number of hydrogen-bond acceptors (Lipinski definition) is 4. The van der Waals surface area contributed by atoms with Crippen molar-refractivity contribution >= 4 is 29.4 Å². The molecule has 0 bridgehead atoms. The van der Waals surface area contributed by atoms with Crippen LogP contribution in [0.25, 0.3) is 0 Å². The van der Waals surface area contributed by atoms with Gasteiger partial charge in [-0.2, -0.15) is 0 Å². The molecule has 1 fully saturated rings. The maximum atomic E-state index is 11.8. The first-order chi connectivity index (χ1) is 11.7. The van der Waals surface area contributed by atoms with Crippen LogP contribution in [0.3, 0.4) is 0 Å². The first kappa shape index (κ1) is 19.4. The van der Waals surface area contributed by atoms with Gasteiger partial charge in [0.2, 0.25) is 0 Å². The van der Waals surface area contributed by atoms with Crippen molar-refractivity contribution < 1.29 is 19.4 Å². The summed E-state index contributed by atoms with van der Waals surface area (Å²) in [7, 11) is 0. The van der Waals surface area contributed by atoms with E-state index in [0.29, 0.717) is 5.02 Å². The highest BCUT2D eigenvalue weighted by Gasteiger charge is 2.25. The van der Waals surface area contributed by atoms with Gasteiger partial charge in [-0.15, -0.1) is 0 Å². The van der Waals surface area contributed by atoms with Crippen molar-refractivity contribution in [3.63, 3.8) is 0 Å². The molecule has 7 heteroatoms. The van der Waals surface area contributed by atoms with Crippen molar-refractivity contribution in [3.8, 4) is 0 Å². The molecule has 1 aromatic carbocycles. The van der Waals surface area contributed by atoms with E-state index in [0.717, 1.165) is 37.2 Å². The van der Waals surface area contributed by atoms with E-state index in [1.54, 1.807) is 26.8 Å². The Balaban J connectivity index is 2.05. The summed E-state index contributed by atoms with van der Waals surface area (Å²) >= 11 is 6.36. The molecular weight excluding hydrogens is 344 g/mol. The number of carbonyl (C=O) groups is 2. The largest absolute Gasteiger partial charge is 0.480 e. The van der Waals surface area contributed by atoms with Gasteiger partial charge >= 0.3 is 12.1 Å². The zero-order valence-corrected chi connectivity index (χ0v) is 15.6. The fourth-order valence-corrected chi connectivity index (χ4v) is 3.10. The Hall–Kier alpha value is -1.95. The fraction of sp³-hybridized carbons (Fsp3) is 0.556. The van der Waals surface area contributed by atoms with Gasteiger partial charge in [-0.3, -0.25) is 0 Å². The summed E-state index contributed by atoms with van der Waals surface area (Å²) in [5.41, 5.74) is 1.03. The number of halogens is 1. The summed E-state index contributed by atoms with van der Waals surface area (Å²) in [6.45, 7) is 7.13. The Morgan fingerprint density at radius 3 is 2.48 bits per heavy atom. The number of alkyl carbamates (subject to hydrolysis) is 1. The number of amides is 1. The van der Waals surface area contributed by atoms with Crippen LogP contribution in [0.15, 0.2) is 18.2 Å². The summed E-state index contributed by atoms with van der Waals surface area (Å²) < 4.78 is 5.12. The van der Waals surface area contributed by atoms with E-state index in [-0.39, 0.29) is 6.42 Å². The average Bonchev–Trinajstić information content (AvgIpc) is 2.98. The lowest BCUT2D eigenvalue weighted by Crippen LogP contribution is -2.44. The smallest absolute Gasteiger partial charge is 0.408 e. The van der Waals surface area contributed by atoms with Gasteiger partial charge in [-0.25, -0.2) is 9.59 Å². The fourth-order valence-electron chi connectivity index (χ4n) is 2.78. The third-order valence-corrected chi connectivity index (χ3v) is 4.19. The van der Waals surface area contributed by atoms with Gasteiger partial charge in [0.05, 0.1) is 10.7 Å². The first-order valence-corrected chi connectivity index (χ1v) is 8.79. The zero-order chi connectivity index (χ0) is 18.6. The molecule has 6 nitrogen and oxygen atoms in total. The minimum Gasteiger partial charge on any atom is -0.480 e. The molecule has 1 aromatic rings. The predicted molar refractivity (Wildman–Crippen MR) is 97.4 cm³/mol. The van der Waals surface area contributed by atoms with Crippen LogP contribution in [0.5, 0.6) is 0 Å². The Morgan fingerprint density at radius 1 is 1.32 bits per heavy atom. The molecular formula is C18H25ClN2O4. The van der Waals surface area contributed by atoms with E-state index in [2.05, 4.69) is 10.2 Å². The second-order valence-electron chi connectivity index (χ2n) is 7.22. The number of carbonyl (C=O) groups excluding carboxylic acids is 1. The van der Waals surface area contributed by atoms with Crippen molar-refractivity contribution in [2.24, 2.45) is 0 Å². The number of anilines is 1. The van der Waals surface area contributed by atoms with Crippen molar-refractivity contribution in [2.75, 3.05) is 18.0 Å². The molecule has 0 radical (unpaired) electrons. The maximum Gasteiger partial charge on any atom is 0.408 e. The van der Waals surface area contributed by atoms with Crippen molar-refractivity contribution in [2.45, 2.75) is 51.7 Å². The number of hydrogen-bond donors (Lipinski definition) is 2. The molecule has 1 atom stereocenters.